The van der Waals surface area contributed by atoms with Gasteiger partial charge in [-0.05, 0) is 22.9 Å². The zero-order chi connectivity index (χ0) is 9.68. The van der Waals surface area contributed by atoms with E-state index in [4.69, 9.17) is 4.74 Å². The molecule has 0 amide bonds. The first-order chi connectivity index (χ1) is 6.24. The highest BCUT2D eigenvalue weighted by Gasteiger charge is 1.98. The van der Waals surface area contributed by atoms with Crippen molar-refractivity contribution < 1.29 is 4.74 Å². The van der Waals surface area contributed by atoms with Crippen LogP contribution < -0.4 is 5.32 Å². The lowest BCUT2D eigenvalue weighted by Gasteiger charge is -2.04. The van der Waals surface area contributed by atoms with Gasteiger partial charge in [-0.15, -0.1) is 0 Å². The van der Waals surface area contributed by atoms with E-state index >= 15 is 0 Å². The van der Waals surface area contributed by atoms with E-state index in [-0.39, 0.29) is 0 Å². The summed E-state index contributed by atoms with van der Waals surface area (Å²) in [5, 5.41) is 3.05. The van der Waals surface area contributed by atoms with Crippen molar-refractivity contribution in [1.29, 1.82) is 0 Å². The van der Waals surface area contributed by atoms with Crippen molar-refractivity contribution >= 4 is 21.9 Å². The monoisotopic (exact) mass is 245 g/mol. The molecule has 1 aromatic heterocycles. The number of nitrogens with zero attached hydrogens (tertiary/aromatic N) is 2. The van der Waals surface area contributed by atoms with E-state index in [2.05, 4.69) is 31.2 Å². The van der Waals surface area contributed by atoms with Crippen LogP contribution in [-0.4, -0.2) is 30.2 Å². The topological polar surface area (TPSA) is 47.0 Å². The molecular formula is C8H12BrN3O. The molecule has 0 spiro atoms. The van der Waals surface area contributed by atoms with Gasteiger partial charge in [0.1, 0.15) is 0 Å². The van der Waals surface area contributed by atoms with Gasteiger partial charge in [-0.2, -0.15) is 0 Å². The van der Waals surface area contributed by atoms with Crippen LogP contribution in [-0.2, 0) is 4.74 Å². The lowest BCUT2D eigenvalue weighted by Crippen LogP contribution is -2.10. The average molecular weight is 246 g/mol. The summed E-state index contributed by atoms with van der Waals surface area (Å²) in [6.07, 6.45) is 1.73. The largest absolute Gasteiger partial charge is 0.383 e. The van der Waals surface area contributed by atoms with Crippen LogP contribution in [0.2, 0.25) is 0 Å². The van der Waals surface area contributed by atoms with Gasteiger partial charge in [0.25, 0.3) is 0 Å². The second-order valence-electron chi connectivity index (χ2n) is 2.55. The Morgan fingerprint density at radius 3 is 3.00 bits per heavy atom. The molecule has 0 fully saturated rings. The molecule has 0 aliphatic carbocycles. The molecule has 1 rings (SSSR count). The molecule has 0 aliphatic rings. The standard InChI is InChI=1S/C8H12BrN3O/c1-6-7(9)5-11-8(12-6)10-3-4-13-2/h5H,3-4H2,1-2H3,(H,10,11,12). The molecule has 0 saturated carbocycles. The van der Waals surface area contributed by atoms with Crippen molar-refractivity contribution in [3.05, 3.63) is 16.4 Å². The van der Waals surface area contributed by atoms with Crippen molar-refractivity contribution in [1.82, 2.24) is 9.97 Å². The Hall–Kier alpha value is -0.680. The molecule has 4 nitrogen and oxygen atoms in total. The number of methoxy groups -OCH3 is 1. The van der Waals surface area contributed by atoms with Crippen molar-refractivity contribution in [2.45, 2.75) is 6.92 Å². The number of aromatic nitrogens is 2. The van der Waals surface area contributed by atoms with Crippen molar-refractivity contribution in [2.75, 3.05) is 25.6 Å². The average Bonchev–Trinajstić information content (AvgIpc) is 2.12. The van der Waals surface area contributed by atoms with Crippen LogP contribution >= 0.6 is 15.9 Å². The number of aryl methyl sites for hydroxylation is 1. The quantitative estimate of drug-likeness (QED) is 0.820. The van der Waals surface area contributed by atoms with Gasteiger partial charge in [0.05, 0.1) is 16.8 Å². The van der Waals surface area contributed by atoms with Gasteiger partial charge in [0, 0.05) is 19.9 Å². The van der Waals surface area contributed by atoms with Gasteiger partial charge in [0.2, 0.25) is 5.95 Å². The van der Waals surface area contributed by atoms with Crippen LogP contribution in [0.25, 0.3) is 0 Å². The fourth-order valence-corrected chi connectivity index (χ4v) is 0.993. The maximum atomic E-state index is 4.89. The lowest BCUT2D eigenvalue weighted by atomic mass is 10.5. The molecule has 1 N–H and O–H groups in total. The Morgan fingerprint density at radius 1 is 1.62 bits per heavy atom. The Kier molecular flexibility index (Phi) is 4.11. The van der Waals surface area contributed by atoms with E-state index in [1.54, 1.807) is 13.3 Å². The third kappa shape index (κ3) is 3.28. The summed E-state index contributed by atoms with van der Waals surface area (Å²) in [7, 11) is 1.66. The molecule has 1 heterocycles. The van der Waals surface area contributed by atoms with Gasteiger partial charge in [-0.3, -0.25) is 0 Å². The summed E-state index contributed by atoms with van der Waals surface area (Å²) < 4.78 is 5.81. The summed E-state index contributed by atoms with van der Waals surface area (Å²) in [6.45, 7) is 3.29. The molecule has 0 saturated heterocycles. The van der Waals surface area contributed by atoms with Crippen LogP contribution in [0.1, 0.15) is 5.69 Å². The maximum Gasteiger partial charge on any atom is 0.222 e. The third-order valence-corrected chi connectivity index (χ3v) is 2.29. The first-order valence-electron chi connectivity index (χ1n) is 3.96. The fourth-order valence-electron chi connectivity index (χ4n) is 0.802. The molecule has 0 aromatic carbocycles. The van der Waals surface area contributed by atoms with Crippen LogP contribution in [0.5, 0.6) is 0 Å². The minimum atomic E-state index is 0.637. The van der Waals surface area contributed by atoms with E-state index in [0.717, 1.165) is 16.7 Å². The van der Waals surface area contributed by atoms with E-state index in [1.807, 2.05) is 6.92 Å². The Morgan fingerprint density at radius 2 is 2.38 bits per heavy atom. The predicted octanol–water partition coefficient (Wildman–Crippen LogP) is 1.61. The highest BCUT2D eigenvalue weighted by atomic mass is 79.9. The Balaban J connectivity index is 2.53. The molecule has 0 radical (unpaired) electrons. The zero-order valence-corrected chi connectivity index (χ0v) is 9.26. The summed E-state index contributed by atoms with van der Waals surface area (Å²) in [6, 6.07) is 0. The lowest BCUT2D eigenvalue weighted by molar-refractivity contribution is 0.210. The highest BCUT2D eigenvalue weighted by Crippen LogP contribution is 2.12. The van der Waals surface area contributed by atoms with Gasteiger partial charge < -0.3 is 10.1 Å². The van der Waals surface area contributed by atoms with Gasteiger partial charge >= 0.3 is 0 Å². The molecule has 5 heteroatoms. The van der Waals surface area contributed by atoms with Gasteiger partial charge in [-0.1, -0.05) is 0 Å². The summed E-state index contributed by atoms with van der Waals surface area (Å²) in [5.74, 6) is 0.637. The number of hydrogen-bond acceptors (Lipinski definition) is 4. The number of hydrogen-bond donors (Lipinski definition) is 1. The normalized spacial score (nSPS) is 10.1. The third-order valence-electron chi connectivity index (χ3n) is 1.51. The van der Waals surface area contributed by atoms with E-state index in [0.29, 0.717) is 12.6 Å². The van der Waals surface area contributed by atoms with Crippen LogP contribution in [0.15, 0.2) is 10.7 Å². The first kappa shape index (κ1) is 10.4. The number of ether oxygens (including phenoxy) is 1. The molecule has 0 atom stereocenters. The molecule has 72 valence electrons. The first-order valence-corrected chi connectivity index (χ1v) is 4.75. The molecular weight excluding hydrogens is 234 g/mol. The summed E-state index contributed by atoms with van der Waals surface area (Å²) in [4.78, 5) is 8.31. The maximum absolute atomic E-state index is 4.89. The molecule has 13 heavy (non-hydrogen) atoms. The molecule has 0 bridgehead atoms. The van der Waals surface area contributed by atoms with E-state index < -0.39 is 0 Å². The smallest absolute Gasteiger partial charge is 0.222 e. The second-order valence-corrected chi connectivity index (χ2v) is 3.40. The minimum Gasteiger partial charge on any atom is -0.383 e. The summed E-state index contributed by atoms with van der Waals surface area (Å²) >= 11 is 3.33. The zero-order valence-electron chi connectivity index (χ0n) is 7.67. The van der Waals surface area contributed by atoms with Gasteiger partial charge in [-0.25, -0.2) is 9.97 Å². The molecule has 1 aromatic rings. The highest BCUT2D eigenvalue weighted by molar-refractivity contribution is 9.10. The number of halogens is 1. The SMILES string of the molecule is COCCNc1ncc(Br)c(C)n1. The van der Waals surface area contributed by atoms with E-state index in [1.165, 1.54) is 0 Å². The fraction of sp³-hybridized carbons (Fsp3) is 0.500. The van der Waals surface area contributed by atoms with E-state index in [9.17, 15) is 0 Å². The predicted molar refractivity (Wildman–Crippen MR) is 54.8 cm³/mol. The van der Waals surface area contributed by atoms with Crippen LogP contribution in [0.4, 0.5) is 5.95 Å². The van der Waals surface area contributed by atoms with Crippen LogP contribution in [0.3, 0.4) is 0 Å². The van der Waals surface area contributed by atoms with Crippen molar-refractivity contribution in [2.24, 2.45) is 0 Å². The second kappa shape index (κ2) is 5.14. The Bertz CT molecular complexity index is 280. The van der Waals surface area contributed by atoms with Gasteiger partial charge in [0.15, 0.2) is 0 Å². The Labute approximate surface area is 85.9 Å². The summed E-state index contributed by atoms with van der Waals surface area (Å²) in [5.41, 5.74) is 0.926. The van der Waals surface area contributed by atoms with Crippen LogP contribution in [0, 0.1) is 6.92 Å². The number of nitrogens with one attached hydrogen (secondary N) is 1. The molecule has 0 aliphatic heterocycles. The van der Waals surface area contributed by atoms with Crippen molar-refractivity contribution in [3.8, 4) is 0 Å². The number of rotatable bonds is 4. The molecule has 0 unspecified atom stereocenters. The minimum absolute atomic E-state index is 0.637. The number of anilines is 1. The van der Waals surface area contributed by atoms with Crippen molar-refractivity contribution in [3.63, 3.8) is 0 Å².